The van der Waals surface area contributed by atoms with Gasteiger partial charge < -0.3 is 15.5 Å². The predicted molar refractivity (Wildman–Crippen MR) is 46.1 cm³/mol. The van der Waals surface area contributed by atoms with Crippen molar-refractivity contribution in [3.05, 3.63) is 0 Å². The van der Waals surface area contributed by atoms with E-state index >= 15 is 0 Å². The fourth-order valence-electron chi connectivity index (χ4n) is 0.749. The fraction of sp³-hybridized carbons (Fsp3) is 0.875. The molecule has 0 aromatic rings. The van der Waals surface area contributed by atoms with Crippen LogP contribution in [0.15, 0.2) is 0 Å². The first-order valence-electron chi connectivity index (χ1n) is 3.99. The smallest absolute Gasteiger partial charge is 0.404 e. The van der Waals surface area contributed by atoms with E-state index < -0.39 is 12.2 Å². The van der Waals surface area contributed by atoms with Gasteiger partial charge >= 0.3 is 6.09 Å². The van der Waals surface area contributed by atoms with E-state index in [9.17, 15) is 9.90 Å². The van der Waals surface area contributed by atoms with Crippen molar-refractivity contribution in [3.63, 3.8) is 0 Å². The summed E-state index contributed by atoms with van der Waals surface area (Å²) in [5.74, 6) is 0. The largest absolute Gasteiger partial charge is 0.465 e. The number of carbonyl (C=O) groups is 1. The fourth-order valence-corrected chi connectivity index (χ4v) is 0.749. The van der Waals surface area contributed by atoms with Gasteiger partial charge in [0.25, 0.3) is 0 Å². The predicted octanol–water partition coefficient (Wildman–Crippen LogP) is 1.05. The molecule has 1 unspecified atom stereocenters. The Labute approximate surface area is 72.6 Å². The summed E-state index contributed by atoms with van der Waals surface area (Å²) in [6.07, 6.45) is -1.06. The summed E-state index contributed by atoms with van der Waals surface area (Å²) in [6.45, 7) is 6.04. The second-order valence-electron chi connectivity index (χ2n) is 3.90. The van der Waals surface area contributed by atoms with E-state index in [1.165, 1.54) is 0 Å². The first kappa shape index (κ1) is 11.2. The van der Waals surface area contributed by atoms with Crippen LogP contribution in [-0.2, 0) is 0 Å². The van der Waals surface area contributed by atoms with Gasteiger partial charge in [-0.1, -0.05) is 20.8 Å². The first-order chi connectivity index (χ1) is 5.34. The second kappa shape index (κ2) is 4.30. The second-order valence-corrected chi connectivity index (χ2v) is 3.90. The Morgan fingerprint density at radius 3 is 2.33 bits per heavy atom. The highest BCUT2D eigenvalue weighted by Gasteiger charge is 2.21. The molecule has 0 aromatic heterocycles. The number of carboxylic acid groups (broad SMARTS) is 1. The molecule has 1 atom stereocenters. The summed E-state index contributed by atoms with van der Waals surface area (Å²) in [5, 5.41) is 19.9. The monoisotopic (exact) mass is 175 g/mol. The Kier molecular flexibility index (Phi) is 4.03. The Bertz CT molecular complexity index is 151. The van der Waals surface area contributed by atoms with Crippen LogP contribution in [-0.4, -0.2) is 29.0 Å². The average Bonchev–Trinajstić information content (AvgIpc) is 1.84. The minimum atomic E-state index is -1.05. The lowest BCUT2D eigenvalue weighted by Gasteiger charge is -2.25. The minimum absolute atomic E-state index is 0.180. The molecule has 0 bridgehead atoms. The van der Waals surface area contributed by atoms with Crippen LogP contribution in [0, 0.1) is 5.41 Å². The quantitative estimate of drug-likeness (QED) is 0.600. The summed E-state index contributed by atoms with van der Waals surface area (Å²) in [4.78, 5) is 10.0. The van der Waals surface area contributed by atoms with Crippen LogP contribution in [0.1, 0.15) is 27.2 Å². The van der Waals surface area contributed by atoms with Gasteiger partial charge in [-0.25, -0.2) is 4.79 Å². The third-order valence-corrected chi connectivity index (χ3v) is 1.69. The number of hydrogen-bond acceptors (Lipinski definition) is 2. The normalized spacial score (nSPS) is 14.0. The minimum Gasteiger partial charge on any atom is -0.465 e. The van der Waals surface area contributed by atoms with E-state index in [2.05, 4.69) is 5.32 Å². The summed E-state index contributed by atoms with van der Waals surface area (Å²) in [7, 11) is 0. The SMILES string of the molecule is CC(C)(C)C(O)CCNC(=O)O. The molecule has 0 aromatic carbocycles. The zero-order valence-corrected chi connectivity index (χ0v) is 7.79. The zero-order valence-electron chi connectivity index (χ0n) is 7.79. The van der Waals surface area contributed by atoms with Gasteiger partial charge in [0.1, 0.15) is 0 Å². The molecule has 72 valence electrons. The average molecular weight is 175 g/mol. The van der Waals surface area contributed by atoms with Crippen molar-refractivity contribution in [3.8, 4) is 0 Å². The summed E-state index contributed by atoms with van der Waals surface area (Å²) >= 11 is 0. The van der Waals surface area contributed by atoms with E-state index in [0.29, 0.717) is 13.0 Å². The third kappa shape index (κ3) is 4.96. The van der Waals surface area contributed by atoms with Gasteiger partial charge in [-0.05, 0) is 11.8 Å². The first-order valence-corrected chi connectivity index (χ1v) is 3.99. The van der Waals surface area contributed by atoms with Crippen molar-refractivity contribution in [2.75, 3.05) is 6.54 Å². The van der Waals surface area contributed by atoms with Gasteiger partial charge in [-0.15, -0.1) is 0 Å². The topological polar surface area (TPSA) is 69.6 Å². The van der Waals surface area contributed by atoms with Crippen molar-refractivity contribution in [1.29, 1.82) is 0 Å². The molecule has 4 heteroatoms. The lowest BCUT2D eigenvalue weighted by molar-refractivity contribution is 0.0559. The van der Waals surface area contributed by atoms with Crippen molar-refractivity contribution < 1.29 is 15.0 Å². The Hall–Kier alpha value is -0.770. The summed E-state index contributed by atoms with van der Waals surface area (Å²) < 4.78 is 0. The van der Waals surface area contributed by atoms with E-state index in [-0.39, 0.29) is 5.41 Å². The number of nitrogens with one attached hydrogen (secondary N) is 1. The highest BCUT2D eigenvalue weighted by molar-refractivity contribution is 5.64. The molecule has 0 fully saturated rings. The lowest BCUT2D eigenvalue weighted by atomic mass is 9.87. The number of hydrogen-bond donors (Lipinski definition) is 3. The zero-order chi connectivity index (χ0) is 9.78. The number of rotatable bonds is 3. The molecule has 4 nitrogen and oxygen atoms in total. The number of aliphatic hydroxyl groups is 1. The molecule has 0 heterocycles. The molecular weight excluding hydrogens is 158 g/mol. The molecule has 0 aliphatic rings. The molecule has 0 aliphatic carbocycles. The Balaban J connectivity index is 3.58. The maximum Gasteiger partial charge on any atom is 0.404 e. The molecule has 0 aliphatic heterocycles. The number of aliphatic hydroxyl groups excluding tert-OH is 1. The molecule has 3 N–H and O–H groups in total. The molecule has 1 amide bonds. The maximum atomic E-state index is 10.0. The van der Waals surface area contributed by atoms with E-state index in [4.69, 9.17) is 5.11 Å². The van der Waals surface area contributed by atoms with E-state index in [0.717, 1.165) is 0 Å². The van der Waals surface area contributed by atoms with Gasteiger partial charge in [-0.2, -0.15) is 0 Å². The Morgan fingerprint density at radius 1 is 1.50 bits per heavy atom. The molecular formula is C8H17NO3. The maximum absolute atomic E-state index is 10.0. The van der Waals surface area contributed by atoms with E-state index in [1.54, 1.807) is 0 Å². The van der Waals surface area contributed by atoms with Gasteiger partial charge in [0.05, 0.1) is 6.10 Å². The standard InChI is InChI=1S/C8H17NO3/c1-8(2,3)6(10)4-5-9-7(11)12/h6,9-10H,4-5H2,1-3H3,(H,11,12). The van der Waals surface area contributed by atoms with Crippen LogP contribution in [0.5, 0.6) is 0 Å². The van der Waals surface area contributed by atoms with Gasteiger partial charge in [-0.3, -0.25) is 0 Å². The molecule has 0 spiro atoms. The lowest BCUT2D eigenvalue weighted by Crippen LogP contribution is -2.31. The van der Waals surface area contributed by atoms with Crippen LogP contribution in [0.25, 0.3) is 0 Å². The van der Waals surface area contributed by atoms with Crippen molar-refractivity contribution in [2.45, 2.75) is 33.3 Å². The van der Waals surface area contributed by atoms with Crippen LogP contribution < -0.4 is 5.32 Å². The van der Waals surface area contributed by atoms with Gasteiger partial charge in [0, 0.05) is 6.54 Å². The van der Waals surface area contributed by atoms with Crippen molar-refractivity contribution >= 4 is 6.09 Å². The van der Waals surface area contributed by atoms with Crippen LogP contribution in [0.4, 0.5) is 4.79 Å². The third-order valence-electron chi connectivity index (χ3n) is 1.69. The van der Waals surface area contributed by atoms with Crippen LogP contribution >= 0.6 is 0 Å². The highest BCUT2D eigenvalue weighted by atomic mass is 16.4. The van der Waals surface area contributed by atoms with Gasteiger partial charge in [0.15, 0.2) is 0 Å². The molecule has 0 saturated carbocycles. The van der Waals surface area contributed by atoms with E-state index in [1.807, 2.05) is 20.8 Å². The summed E-state index contributed by atoms with van der Waals surface area (Å²) in [5.41, 5.74) is -0.180. The molecule has 0 rings (SSSR count). The summed E-state index contributed by atoms with van der Waals surface area (Å²) in [6, 6.07) is 0. The molecule has 0 radical (unpaired) electrons. The van der Waals surface area contributed by atoms with Crippen LogP contribution in [0.3, 0.4) is 0 Å². The van der Waals surface area contributed by atoms with Crippen molar-refractivity contribution in [2.24, 2.45) is 5.41 Å². The van der Waals surface area contributed by atoms with Crippen LogP contribution in [0.2, 0.25) is 0 Å². The molecule has 12 heavy (non-hydrogen) atoms. The Morgan fingerprint density at radius 2 is 2.00 bits per heavy atom. The van der Waals surface area contributed by atoms with Crippen molar-refractivity contribution in [1.82, 2.24) is 5.32 Å². The highest BCUT2D eigenvalue weighted by Crippen LogP contribution is 2.20. The number of amides is 1. The van der Waals surface area contributed by atoms with Gasteiger partial charge in [0.2, 0.25) is 0 Å². The molecule has 0 saturated heterocycles.